The number of nitro groups is 1. The molecule has 0 aliphatic rings. The molecule has 1 aromatic carbocycles. The number of nitrogens with zero attached hydrogens (tertiary/aromatic N) is 1. The summed E-state index contributed by atoms with van der Waals surface area (Å²) in [5, 5.41) is 16.3. The second kappa shape index (κ2) is 7.08. The van der Waals surface area contributed by atoms with E-state index >= 15 is 0 Å². The van der Waals surface area contributed by atoms with Gasteiger partial charge in [0.25, 0.3) is 5.69 Å². The molecule has 2 rings (SSSR count). The maximum Gasteiger partial charge on any atom is 0.275 e. The van der Waals surface area contributed by atoms with Crippen molar-refractivity contribution in [2.24, 2.45) is 0 Å². The van der Waals surface area contributed by atoms with Crippen molar-refractivity contribution >= 4 is 22.7 Å². The van der Waals surface area contributed by atoms with Crippen molar-refractivity contribution in [2.45, 2.75) is 26.8 Å². The SMILES string of the molecule is CCOc1cc(NCc2sccc2CC)cc([N+](=O)[O-])c1. The quantitative estimate of drug-likeness (QED) is 0.614. The van der Waals surface area contributed by atoms with Gasteiger partial charge in [-0.25, -0.2) is 0 Å². The fraction of sp³-hybridized carbons (Fsp3) is 0.333. The first kappa shape index (κ1) is 15.3. The van der Waals surface area contributed by atoms with Crippen LogP contribution in [-0.4, -0.2) is 11.5 Å². The second-order valence-electron chi connectivity index (χ2n) is 4.48. The van der Waals surface area contributed by atoms with Crippen molar-refractivity contribution in [1.29, 1.82) is 0 Å². The predicted octanol–water partition coefficient (Wildman–Crippen LogP) is 4.23. The van der Waals surface area contributed by atoms with Crippen molar-refractivity contribution in [3.63, 3.8) is 0 Å². The Morgan fingerprint density at radius 3 is 2.81 bits per heavy atom. The minimum absolute atomic E-state index is 0.0327. The van der Waals surface area contributed by atoms with Gasteiger partial charge in [-0.05, 0) is 30.4 Å². The maximum atomic E-state index is 11.0. The van der Waals surface area contributed by atoms with Crippen LogP contribution in [-0.2, 0) is 13.0 Å². The van der Waals surface area contributed by atoms with E-state index in [1.807, 2.05) is 6.92 Å². The molecule has 21 heavy (non-hydrogen) atoms. The normalized spacial score (nSPS) is 10.4. The Labute approximate surface area is 127 Å². The third-order valence-electron chi connectivity index (χ3n) is 3.08. The Hall–Kier alpha value is -2.08. The van der Waals surface area contributed by atoms with Crippen LogP contribution in [0.15, 0.2) is 29.6 Å². The summed E-state index contributed by atoms with van der Waals surface area (Å²) in [5.74, 6) is 0.510. The minimum Gasteiger partial charge on any atom is -0.494 e. The molecule has 2 aromatic rings. The van der Waals surface area contributed by atoms with Crippen LogP contribution in [0.1, 0.15) is 24.3 Å². The van der Waals surface area contributed by atoms with Crippen molar-refractivity contribution < 1.29 is 9.66 Å². The van der Waals surface area contributed by atoms with Crippen LogP contribution in [0.25, 0.3) is 0 Å². The van der Waals surface area contributed by atoms with E-state index in [4.69, 9.17) is 4.74 Å². The van der Waals surface area contributed by atoms with Crippen LogP contribution in [0.2, 0.25) is 0 Å². The van der Waals surface area contributed by atoms with E-state index in [0.717, 1.165) is 6.42 Å². The van der Waals surface area contributed by atoms with Crippen LogP contribution in [0.4, 0.5) is 11.4 Å². The van der Waals surface area contributed by atoms with Gasteiger partial charge >= 0.3 is 0 Å². The molecule has 1 aromatic heterocycles. The Morgan fingerprint density at radius 1 is 1.33 bits per heavy atom. The van der Waals surface area contributed by atoms with Gasteiger partial charge in [0.2, 0.25) is 0 Å². The zero-order valence-corrected chi connectivity index (χ0v) is 12.9. The molecule has 0 unspecified atom stereocenters. The summed E-state index contributed by atoms with van der Waals surface area (Å²) >= 11 is 1.69. The number of non-ortho nitro benzene ring substituents is 1. The number of rotatable bonds is 7. The molecule has 0 saturated carbocycles. The molecule has 5 nitrogen and oxygen atoms in total. The highest BCUT2D eigenvalue weighted by Gasteiger charge is 2.11. The molecule has 0 atom stereocenters. The molecular weight excluding hydrogens is 288 g/mol. The lowest BCUT2D eigenvalue weighted by atomic mass is 10.2. The molecular formula is C15H18N2O3S. The van der Waals surface area contributed by atoms with E-state index in [0.29, 0.717) is 24.6 Å². The van der Waals surface area contributed by atoms with E-state index in [9.17, 15) is 10.1 Å². The molecule has 0 saturated heterocycles. The van der Waals surface area contributed by atoms with E-state index in [-0.39, 0.29) is 5.69 Å². The maximum absolute atomic E-state index is 11.0. The number of nitrogens with one attached hydrogen (secondary N) is 1. The van der Waals surface area contributed by atoms with Crippen LogP contribution in [0.5, 0.6) is 5.75 Å². The average molecular weight is 306 g/mol. The molecule has 0 amide bonds. The van der Waals surface area contributed by atoms with Crippen LogP contribution < -0.4 is 10.1 Å². The number of nitro benzene ring substituents is 1. The van der Waals surface area contributed by atoms with Crippen LogP contribution in [0.3, 0.4) is 0 Å². The third kappa shape index (κ3) is 3.95. The summed E-state index contributed by atoms with van der Waals surface area (Å²) < 4.78 is 5.38. The summed E-state index contributed by atoms with van der Waals surface area (Å²) in [6.07, 6.45) is 0.986. The van der Waals surface area contributed by atoms with Gasteiger partial charge in [0, 0.05) is 29.2 Å². The fourth-order valence-electron chi connectivity index (χ4n) is 2.06. The van der Waals surface area contributed by atoms with Gasteiger partial charge in [-0.1, -0.05) is 6.92 Å². The largest absolute Gasteiger partial charge is 0.494 e. The predicted molar refractivity (Wildman–Crippen MR) is 85.3 cm³/mol. The van der Waals surface area contributed by atoms with E-state index < -0.39 is 4.92 Å². The topological polar surface area (TPSA) is 64.4 Å². The number of hydrogen-bond donors (Lipinski definition) is 1. The number of hydrogen-bond acceptors (Lipinski definition) is 5. The number of anilines is 1. The van der Waals surface area contributed by atoms with E-state index in [1.54, 1.807) is 17.4 Å². The summed E-state index contributed by atoms with van der Waals surface area (Å²) in [6, 6.07) is 6.87. The van der Waals surface area contributed by atoms with Crippen LogP contribution >= 0.6 is 11.3 Å². The molecule has 0 fully saturated rings. The van der Waals surface area contributed by atoms with Gasteiger partial charge < -0.3 is 10.1 Å². The molecule has 0 bridgehead atoms. The molecule has 1 heterocycles. The molecule has 112 valence electrons. The van der Waals surface area contributed by atoms with E-state index in [2.05, 4.69) is 23.7 Å². The highest BCUT2D eigenvalue weighted by Crippen LogP contribution is 2.27. The van der Waals surface area contributed by atoms with Gasteiger partial charge in [0.15, 0.2) is 0 Å². The number of benzene rings is 1. The van der Waals surface area contributed by atoms with Gasteiger partial charge in [0.1, 0.15) is 5.75 Å². The summed E-state index contributed by atoms with van der Waals surface area (Å²) in [7, 11) is 0. The Morgan fingerprint density at radius 2 is 2.14 bits per heavy atom. The lowest BCUT2D eigenvalue weighted by Gasteiger charge is -2.09. The van der Waals surface area contributed by atoms with Crippen molar-refractivity contribution in [2.75, 3.05) is 11.9 Å². The first-order valence-corrected chi connectivity index (χ1v) is 7.73. The standard InChI is InChI=1S/C15H18N2O3S/c1-3-11-5-6-21-15(11)10-16-12-7-13(17(18)19)9-14(8-12)20-4-2/h5-9,16H,3-4,10H2,1-2H3. The molecule has 0 spiro atoms. The molecule has 0 aliphatic heterocycles. The summed E-state index contributed by atoms with van der Waals surface area (Å²) in [4.78, 5) is 11.8. The minimum atomic E-state index is -0.406. The zero-order chi connectivity index (χ0) is 15.2. The Kier molecular flexibility index (Phi) is 5.16. The number of aryl methyl sites for hydroxylation is 1. The summed E-state index contributed by atoms with van der Waals surface area (Å²) in [6.45, 7) is 5.11. The second-order valence-corrected chi connectivity index (χ2v) is 5.48. The lowest BCUT2D eigenvalue weighted by molar-refractivity contribution is -0.384. The van der Waals surface area contributed by atoms with Gasteiger partial charge in [-0.15, -0.1) is 11.3 Å². The van der Waals surface area contributed by atoms with E-state index in [1.165, 1.54) is 22.6 Å². The number of thiophene rings is 1. The first-order valence-electron chi connectivity index (χ1n) is 6.85. The smallest absolute Gasteiger partial charge is 0.275 e. The van der Waals surface area contributed by atoms with Gasteiger partial charge in [-0.3, -0.25) is 10.1 Å². The monoisotopic (exact) mass is 306 g/mol. The highest BCUT2D eigenvalue weighted by molar-refractivity contribution is 7.10. The molecule has 0 radical (unpaired) electrons. The summed E-state index contributed by atoms with van der Waals surface area (Å²) in [5.41, 5.74) is 2.04. The highest BCUT2D eigenvalue weighted by atomic mass is 32.1. The molecule has 0 aliphatic carbocycles. The number of ether oxygens (including phenoxy) is 1. The average Bonchev–Trinajstić information content (AvgIpc) is 2.92. The lowest BCUT2D eigenvalue weighted by Crippen LogP contribution is -2.02. The Balaban J connectivity index is 2.16. The van der Waals surface area contributed by atoms with Gasteiger partial charge in [0.05, 0.1) is 17.6 Å². The van der Waals surface area contributed by atoms with Crippen molar-refractivity contribution in [3.05, 3.63) is 50.2 Å². The van der Waals surface area contributed by atoms with Crippen LogP contribution in [0, 0.1) is 10.1 Å². The van der Waals surface area contributed by atoms with Crippen molar-refractivity contribution in [1.82, 2.24) is 0 Å². The molecule has 1 N–H and O–H groups in total. The van der Waals surface area contributed by atoms with Crippen molar-refractivity contribution in [3.8, 4) is 5.75 Å². The third-order valence-corrected chi connectivity index (χ3v) is 4.05. The first-order chi connectivity index (χ1) is 10.1. The van der Waals surface area contributed by atoms with Gasteiger partial charge in [-0.2, -0.15) is 0 Å². The zero-order valence-electron chi connectivity index (χ0n) is 12.1. The Bertz CT molecular complexity index is 625. The molecule has 6 heteroatoms. The fourth-order valence-corrected chi connectivity index (χ4v) is 2.98.